The van der Waals surface area contributed by atoms with E-state index in [-0.39, 0.29) is 23.8 Å². The lowest BCUT2D eigenvalue weighted by atomic mass is 10.3. The van der Waals surface area contributed by atoms with Crippen molar-refractivity contribution >= 4 is 11.9 Å². The largest absolute Gasteiger partial charge is 0.482 e. The normalized spacial score (nSPS) is 9.83. The summed E-state index contributed by atoms with van der Waals surface area (Å²) in [5, 5.41) is 11.3. The average Bonchev–Trinajstić information content (AvgIpc) is 2.37. The maximum atomic E-state index is 11.3. The molecule has 1 aromatic heterocycles. The van der Waals surface area contributed by atoms with Crippen LogP contribution in [0.3, 0.4) is 0 Å². The summed E-state index contributed by atoms with van der Waals surface area (Å²) in [4.78, 5) is 25.7. The standard InChI is InChI=1S/C11H14N2O5/c1-17-3-2-13-10(14)7-18-9-4-8(11(15)16)5-12-6-9/h4-6H,2-3,7H2,1H3,(H,13,14)(H,15,16). The van der Waals surface area contributed by atoms with Gasteiger partial charge in [-0.1, -0.05) is 0 Å². The Labute approximate surface area is 104 Å². The number of aromatic nitrogens is 1. The van der Waals surface area contributed by atoms with Crippen molar-refractivity contribution in [2.24, 2.45) is 0 Å². The number of methoxy groups -OCH3 is 1. The number of ether oxygens (including phenoxy) is 2. The van der Waals surface area contributed by atoms with Crippen molar-refractivity contribution < 1.29 is 24.2 Å². The van der Waals surface area contributed by atoms with Crippen molar-refractivity contribution in [1.82, 2.24) is 10.3 Å². The van der Waals surface area contributed by atoms with Crippen molar-refractivity contribution in [2.45, 2.75) is 0 Å². The van der Waals surface area contributed by atoms with E-state index < -0.39 is 5.97 Å². The lowest BCUT2D eigenvalue weighted by molar-refractivity contribution is -0.123. The van der Waals surface area contributed by atoms with Crippen LogP contribution in [0.2, 0.25) is 0 Å². The predicted octanol–water partition coefficient (Wildman–Crippen LogP) is -0.0788. The van der Waals surface area contributed by atoms with Crippen LogP contribution in [0.1, 0.15) is 10.4 Å². The molecule has 1 amide bonds. The molecule has 0 bridgehead atoms. The monoisotopic (exact) mass is 254 g/mol. The Hall–Kier alpha value is -2.15. The number of aromatic carboxylic acids is 1. The quantitative estimate of drug-likeness (QED) is 0.660. The molecule has 0 aromatic carbocycles. The van der Waals surface area contributed by atoms with E-state index in [2.05, 4.69) is 10.3 Å². The number of carbonyl (C=O) groups is 2. The van der Waals surface area contributed by atoms with Gasteiger partial charge in [-0.3, -0.25) is 9.78 Å². The van der Waals surface area contributed by atoms with Crippen molar-refractivity contribution in [3.05, 3.63) is 24.0 Å². The molecule has 0 saturated carbocycles. The average molecular weight is 254 g/mol. The molecule has 2 N–H and O–H groups in total. The van der Waals surface area contributed by atoms with Crippen LogP contribution in [-0.4, -0.2) is 48.8 Å². The van der Waals surface area contributed by atoms with Crippen LogP contribution in [0.4, 0.5) is 0 Å². The first kappa shape index (κ1) is 13.9. The van der Waals surface area contributed by atoms with Crippen molar-refractivity contribution in [3.8, 4) is 5.75 Å². The second kappa shape index (κ2) is 7.23. The van der Waals surface area contributed by atoms with E-state index >= 15 is 0 Å². The van der Waals surface area contributed by atoms with Gasteiger partial charge in [0, 0.05) is 19.9 Å². The molecule has 0 aliphatic rings. The number of carboxylic acids is 1. The number of hydrogen-bond donors (Lipinski definition) is 2. The van der Waals surface area contributed by atoms with Crippen molar-refractivity contribution in [1.29, 1.82) is 0 Å². The summed E-state index contributed by atoms with van der Waals surface area (Å²) in [6.07, 6.45) is 2.54. The summed E-state index contributed by atoms with van der Waals surface area (Å²) < 4.78 is 9.88. The number of carboxylic acid groups (broad SMARTS) is 1. The van der Waals surface area contributed by atoms with Gasteiger partial charge in [-0.05, 0) is 6.07 Å². The number of amides is 1. The lowest BCUT2D eigenvalue weighted by Crippen LogP contribution is -2.31. The molecular formula is C11H14N2O5. The second-order valence-electron chi connectivity index (χ2n) is 3.35. The number of hydrogen-bond acceptors (Lipinski definition) is 5. The zero-order valence-electron chi connectivity index (χ0n) is 9.88. The van der Waals surface area contributed by atoms with Crippen LogP contribution in [0.15, 0.2) is 18.5 Å². The first-order chi connectivity index (χ1) is 8.63. The smallest absolute Gasteiger partial charge is 0.337 e. The molecule has 0 spiro atoms. The number of carbonyl (C=O) groups excluding carboxylic acids is 1. The zero-order chi connectivity index (χ0) is 13.4. The molecule has 0 radical (unpaired) electrons. The van der Waals surface area contributed by atoms with E-state index in [0.29, 0.717) is 13.2 Å². The summed E-state index contributed by atoms with van der Waals surface area (Å²) >= 11 is 0. The molecule has 0 unspecified atom stereocenters. The van der Waals surface area contributed by atoms with Crippen molar-refractivity contribution in [3.63, 3.8) is 0 Å². The summed E-state index contributed by atoms with van der Waals surface area (Å²) in [5.41, 5.74) is 0.00675. The van der Waals surface area contributed by atoms with Gasteiger partial charge in [-0.2, -0.15) is 0 Å². The third-order valence-corrected chi connectivity index (χ3v) is 1.96. The Bertz CT molecular complexity index is 422. The highest BCUT2D eigenvalue weighted by Gasteiger charge is 2.06. The maximum absolute atomic E-state index is 11.3. The molecule has 98 valence electrons. The Kier molecular flexibility index (Phi) is 5.59. The Morgan fingerprint density at radius 1 is 1.44 bits per heavy atom. The molecule has 18 heavy (non-hydrogen) atoms. The molecule has 7 heteroatoms. The summed E-state index contributed by atoms with van der Waals surface area (Å²) in [6, 6.07) is 1.30. The minimum Gasteiger partial charge on any atom is -0.482 e. The fourth-order valence-electron chi connectivity index (χ4n) is 1.11. The van der Waals surface area contributed by atoms with Crippen molar-refractivity contribution in [2.75, 3.05) is 26.9 Å². The minimum atomic E-state index is -1.10. The number of nitrogens with zero attached hydrogens (tertiary/aromatic N) is 1. The highest BCUT2D eigenvalue weighted by Crippen LogP contribution is 2.10. The first-order valence-electron chi connectivity index (χ1n) is 5.20. The van der Waals surface area contributed by atoms with Crippen LogP contribution in [0, 0.1) is 0 Å². The van der Waals surface area contributed by atoms with E-state index in [1.54, 1.807) is 0 Å². The highest BCUT2D eigenvalue weighted by molar-refractivity contribution is 5.87. The Morgan fingerprint density at radius 3 is 2.89 bits per heavy atom. The van der Waals surface area contributed by atoms with Gasteiger partial charge in [-0.15, -0.1) is 0 Å². The molecule has 7 nitrogen and oxygen atoms in total. The van der Waals surface area contributed by atoms with Gasteiger partial charge in [-0.25, -0.2) is 4.79 Å². The molecule has 0 atom stereocenters. The molecular weight excluding hydrogens is 240 g/mol. The van der Waals surface area contributed by atoms with Gasteiger partial charge < -0.3 is 19.9 Å². The van der Waals surface area contributed by atoms with Gasteiger partial charge in [0.2, 0.25) is 0 Å². The van der Waals surface area contributed by atoms with Gasteiger partial charge in [0.15, 0.2) is 6.61 Å². The number of rotatable bonds is 7. The van der Waals surface area contributed by atoms with E-state index in [4.69, 9.17) is 14.6 Å². The van der Waals surface area contributed by atoms with Gasteiger partial charge in [0.25, 0.3) is 5.91 Å². The van der Waals surface area contributed by atoms with Gasteiger partial charge in [0.1, 0.15) is 5.75 Å². The van der Waals surface area contributed by atoms with E-state index in [9.17, 15) is 9.59 Å². The SMILES string of the molecule is COCCNC(=O)COc1cncc(C(=O)O)c1. The second-order valence-corrected chi connectivity index (χ2v) is 3.35. The van der Waals surface area contributed by atoms with Gasteiger partial charge >= 0.3 is 5.97 Å². The maximum Gasteiger partial charge on any atom is 0.337 e. The summed E-state index contributed by atoms with van der Waals surface area (Å²) in [6.45, 7) is 0.613. The van der Waals surface area contributed by atoms with Gasteiger partial charge in [0.05, 0.1) is 18.4 Å². The minimum absolute atomic E-state index is 0.00675. The molecule has 0 aliphatic carbocycles. The third kappa shape index (κ3) is 4.79. The van der Waals surface area contributed by atoms with E-state index in [1.807, 2.05) is 0 Å². The topological polar surface area (TPSA) is 97.8 Å². The molecule has 1 aromatic rings. The molecule has 0 fully saturated rings. The first-order valence-corrected chi connectivity index (χ1v) is 5.20. The Balaban J connectivity index is 2.41. The highest BCUT2D eigenvalue weighted by atomic mass is 16.5. The molecule has 0 aliphatic heterocycles. The summed E-state index contributed by atoms with van der Waals surface area (Å²) in [5.74, 6) is -1.18. The molecule has 1 heterocycles. The van der Waals surface area contributed by atoms with E-state index in [0.717, 1.165) is 0 Å². The zero-order valence-corrected chi connectivity index (χ0v) is 9.88. The molecule has 1 rings (SSSR count). The van der Waals surface area contributed by atoms with Crippen LogP contribution < -0.4 is 10.1 Å². The van der Waals surface area contributed by atoms with Crippen LogP contribution in [0.5, 0.6) is 5.75 Å². The Morgan fingerprint density at radius 2 is 2.22 bits per heavy atom. The van der Waals surface area contributed by atoms with Crippen LogP contribution in [-0.2, 0) is 9.53 Å². The molecule has 0 saturated heterocycles. The fraction of sp³-hybridized carbons (Fsp3) is 0.364. The lowest BCUT2D eigenvalue weighted by Gasteiger charge is -2.07. The third-order valence-electron chi connectivity index (χ3n) is 1.96. The number of pyridine rings is 1. The predicted molar refractivity (Wildman–Crippen MR) is 61.6 cm³/mol. The summed E-state index contributed by atoms with van der Waals surface area (Å²) in [7, 11) is 1.53. The van der Waals surface area contributed by atoms with E-state index in [1.165, 1.54) is 25.6 Å². The van der Waals surface area contributed by atoms with Crippen LogP contribution >= 0.6 is 0 Å². The number of nitrogens with one attached hydrogen (secondary N) is 1. The fourth-order valence-corrected chi connectivity index (χ4v) is 1.11. The van der Waals surface area contributed by atoms with Crippen LogP contribution in [0.25, 0.3) is 0 Å².